The van der Waals surface area contributed by atoms with Crippen LogP contribution in [0.1, 0.15) is 60.5 Å². The number of anilines is 1. The van der Waals surface area contributed by atoms with Gasteiger partial charge in [-0.15, -0.1) is 0 Å². The molecule has 4 rings (SSSR count). The molecular formula is C31H39BrClN5O7S. The monoisotopic (exact) mass is 739 g/mol. The number of carbonyl (C=O) groups is 2. The molecule has 0 saturated carbocycles. The fourth-order valence-corrected chi connectivity index (χ4v) is 6.62. The van der Waals surface area contributed by atoms with Crippen molar-refractivity contribution in [3.63, 3.8) is 0 Å². The summed E-state index contributed by atoms with van der Waals surface area (Å²) in [6, 6.07) is 7.33. The number of amides is 2. The molecule has 1 aliphatic heterocycles. The zero-order valence-electron chi connectivity index (χ0n) is 26.9. The summed E-state index contributed by atoms with van der Waals surface area (Å²) in [4.78, 5) is 46.3. The van der Waals surface area contributed by atoms with Crippen molar-refractivity contribution in [2.75, 3.05) is 23.9 Å². The zero-order valence-corrected chi connectivity index (χ0v) is 30.0. The van der Waals surface area contributed by atoms with Crippen molar-refractivity contribution < 1.29 is 27.5 Å². The van der Waals surface area contributed by atoms with E-state index in [0.29, 0.717) is 23.1 Å². The van der Waals surface area contributed by atoms with Crippen LogP contribution in [0.5, 0.6) is 0 Å². The van der Waals surface area contributed by atoms with Gasteiger partial charge in [0.2, 0.25) is 0 Å². The molecule has 15 heteroatoms. The minimum absolute atomic E-state index is 0.0637. The van der Waals surface area contributed by atoms with E-state index in [9.17, 15) is 22.8 Å². The minimum atomic E-state index is -3.86. The van der Waals surface area contributed by atoms with Crippen LogP contribution in [0.2, 0.25) is 5.02 Å². The first-order valence-electron chi connectivity index (χ1n) is 14.8. The fraction of sp³-hybridized carbons (Fsp3) is 0.484. The second kappa shape index (κ2) is 13.5. The summed E-state index contributed by atoms with van der Waals surface area (Å²) in [7, 11) is -3.86. The van der Waals surface area contributed by atoms with Crippen molar-refractivity contribution in [2.24, 2.45) is 0 Å². The Morgan fingerprint density at radius 2 is 1.78 bits per heavy atom. The second-order valence-corrected chi connectivity index (χ2v) is 16.6. The number of alkyl carbamates (subject to hydrolysis) is 1. The number of likely N-dealkylation sites (tertiary alicyclic amines) is 1. The largest absolute Gasteiger partial charge is 0.444 e. The number of nitrogens with zero attached hydrogens (tertiary/aromatic N) is 4. The molecular weight excluding hydrogens is 702 g/mol. The van der Waals surface area contributed by atoms with Gasteiger partial charge in [-0.05, 0) is 83.9 Å². The molecule has 250 valence electrons. The number of hydrogen-bond acceptors (Lipinski definition) is 9. The molecule has 1 N–H and O–H groups in total. The van der Waals surface area contributed by atoms with E-state index >= 15 is 0 Å². The summed E-state index contributed by atoms with van der Waals surface area (Å²) >= 11 is 9.85. The molecule has 1 atom stereocenters. The Bertz CT molecular complexity index is 1820. The van der Waals surface area contributed by atoms with Gasteiger partial charge >= 0.3 is 12.2 Å². The van der Waals surface area contributed by atoms with Crippen molar-refractivity contribution in [1.82, 2.24) is 19.9 Å². The third kappa shape index (κ3) is 8.58. The van der Waals surface area contributed by atoms with E-state index in [4.69, 9.17) is 21.1 Å². The number of fused-ring (bicyclic) bond motifs is 1. The van der Waals surface area contributed by atoms with Gasteiger partial charge in [-0.1, -0.05) is 34.5 Å². The Morgan fingerprint density at radius 1 is 1.11 bits per heavy atom. The lowest BCUT2D eigenvalue weighted by Gasteiger charge is -2.29. The van der Waals surface area contributed by atoms with Crippen molar-refractivity contribution >= 4 is 66.1 Å². The number of benzene rings is 2. The zero-order chi connectivity index (χ0) is 34.2. The molecule has 2 amide bonds. The van der Waals surface area contributed by atoms with Crippen LogP contribution in [-0.4, -0.2) is 71.3 Å². The van der Waals surface area contributed by atoms with Gasteiger partial charge in [0.15, 0.2) is 9.84 Å². The highest BCUT2D eigenvalue weighted by atomic mass is 79.9. The maximum absolute atomic E-state index is 14.0. The van der Waals surface area contributed by atoms with Gasteiger partial charge in [0, 0.05) is 35.2 Å². The lowest BCUT2D eigenvalue weighted by molar-refractivity contribution is 0.0503. The van der Waals surface area contributed by atoms with Gasteiger partial charge < -0.3 is 14.8 Å². The molecule has 0 radical (unpaired) electrons. The number of rotatable bonds is 7. The fourth-order valence-electron chi connectivity index (χ4n) is 4.93. The predicted octanol–water partition coefficient (Wildman–Crippen LogP) is 5.91. The molecule has 12 nitrogen and oxygen atoms in total. The SMILES string of the molecule is CCS(=O)(=O)c1ccc(Cl)cc1N(C(=O)OC(C)(C)C)n1cnc2cc(CN3CC[C@H](NC(=O)OC(C)(C)C)C3)c(Br)cc2c1=O. The van der Waals surface area contributed by atoms with Crippen LogP contribution in [0.25, 0.3) is 10.9 Å². The number of sulfone groups is 1. The number of nitrogens with one attached hydrogen (secondary N) is 1. The quantitative estimate of drug-likeness (QED) is 0.313. The van der Waals surface area contributed by atoms with Gasteiger partial charge in [-0.25, -0.2) is 23.0 Å². The van der Waals surface area contributed by atoms with Gasteiger partial charge in [0.25, 0.3) is 5.56 Å². The standard InChI is InChI=1S/C31H39BrClN5O7S/c1-8-46(42,43)26-10-9-20(33)14-25(26)38(29(41)45-31(5,6)7)37-18-34-24-13-19(23(32)15-22(24)27(37)39)16-36-12-11-21(17-36)35-28(40)44-30(2,3)4/h9-10,13-15,18,21H,8,11-12,16-17H2,1-7H3,(H,35,40)/t21-/m0/s1. The van der Waals surface area contributed by atoms with E-state index in [1.54, 1.807) is 32.9 Å². The Kier molecular flexibility index (Phi) is 10.5. The maximum atomic E-state index is 14.0. The molecule has 1 aliphatic rings. The van der Waals surface area contributed by atoms with Crippen molar-refractivity contribution in [1.29, 1.82) is 0 Å². The van der Waals surface area contributed by atoms with Gasteiger partial charge in [-0.2, -0.15) is 9.69 Å². The summed E-state index contributed by atoms with van der Waals surface area (Å²) in [6.07, 6.45) is 0.466. The van der Waals surface area contributed by atoms with Crippen LogP contribution < -0.4 is 15.9 Å². The van der Waals surface area contributed by atoms with E-state index in [1.165, 1.54) is 25.1 Å². The van der Waals surface area contributed by atoms with Crippen LogP contribution in [-0.2, 0) is 25.9 Å². The first kappa shape index (κ1) is 35.7. The number of aromatic nitrogens is 2. The molecule has 46 heavy (non-hydrogen) atoms. The van der Waals surface area contributed by atoms with E-state index in [0.717, 1.165) is 34.5 Å². The van der Waals surface area contributed by atoms with Crippen molar-refractivity contribution in [3.8, 4) is 0 Å². The molecule has 2 aromatic carbocycles. The van der Waals surface area contributed by atoms with Crippen LogP contribution in [0, 0.1) is 0 Å². The topological polar surface area (TPSA) is 140 Å². The Balaban J connectivity index is 1.70. The first-order chi connectivity index (χ1) is 21.3. The highest BCUT2D eigenvalue weighted by molar-refractivity contribution is 9.10. The van der Waals surface area contributed by atoms with Crippen molar-refractivity contribution in [3.05, 3.63) is 62.1 Å². The van der Waals surface area contributed by atoms with Crippen LogP contribution in [0.4, 0.5) is 15.3 Å². The molecule has 0 bridgehead atoms. The third-order valence-electron chi connectivity index (χ3n) is 6.94. The summed E-state index contributed by atoms with van der Waals surface area (Å²) in [5.74, 6) is -0.251. The first-order valence-corrected chi connectivity index (χ1v) is 17.6. The summed E-state index contributed by atoms with van der Waals surface area (Å²) in [5.41, 5.74) is -1.10. The highest BCUT2D eigenvalue weighted by Crippen LogP contribution is 2.32. The number of ether oxygens (including phenoxy) is 2. The number of carbonyl (C=O) groups excluding carboxylic acids is 2. The van der Waals surface area contributed by atoms with Gasteiger partial charge in [0.1, 0.15) is 17.5 Å². The lowest BCUT2D eigenvalue weighted by atomic mass is 10.1. The van der Waals surface area contributed by atoms with E-state index in [2.05, 4.69) is 31.1 Å². The normalized spacial score (nSPS) is 16.0. The second-order valence-electron chi connectivity index (χ2n) is 13.0. The lowest BCUT2D eigenvalue weighted by Crippen LogP contribution is -2.46. The minimum Gasteiger partial charge on any atom is -0.444 e. The van der Waals surface area contributed by atoms with Crippen LogP contribution >= 0.6 is 27.5 Å². The molecule has 3 aromatic rings. The summed E-state index contributed by atoms with van der Waals surface area (Å²) in [5, 5.41) is 4.09. The third-order valence-corrected chi connectivity index (χ3v) is 9.69. The highest BCUT2D eigenvalue weighted by Gasteiger charge is 2.32. The van der Waals surface area contributed by atoms with Gasteiger partial charge in [-0.3, -0.25) is 9.69 Å². The van der Waals surface area contributed by atoms with Crippen molar-refractivity contribution in [2.45, 2.75) is 83.6 Å². The van der Waals surface area contributed by atoms with E-state index < -0.39 is 38.8 Å². The Hall–Kier alpha value is -3.20. The Labute approximate surface area is 282 Å². The molecule has 1 saturated heterocycles. The van der Waals surface area contributed by atoms with Gasteiger partial charge in [0.05, 0.1) is 27.2 Å². The molecule has 2 heterocycles. The summed E-state index contributed by atoms with van der Waals surface area (Å²) < 4.78 is 38.7. The average Bonchev–Trinajstić information content (AvgIpc) is 3.35. The Morgan fingerprint density at radius 3 is 2.41 bits per heavy atom. The maximum Gasteiger partial charge on any atom is 0.434 e. The summed E-state index contributed by atoms with van der Waals surface area (Å²) in [6.45, 7) is 13.8. The smallest absolute Gasteiger partial charge is 0.434 e. The molecule has 1 aromatic heterocycles. The predicted molar refractivity (Wildman–Crippen MR) is 180 cm³/mol. The number of halogens is 2. The van der Waals surface area contributed by atoms with E-state index in [-0.39, 0.29) is 32.8 Å². The van der Waals surface area contributed by atoms with Crippen LogP contribution in [0.3, 0.4) is 0 Å². The molecule has 0 unspecified atom stereocenters. The molecule has 0 spiro atoms. The van der Waals surface area contributed by atoms with E-state index in [1.807, 2.05) is 20.8 Å². The molecule has 1 fully saturated rings. The number of hydrogen-bond donors (Lipinski definition) is 1. The molecule has 0 aliphatic carbocycles. The average molecular weight is 741 g/mol. The van der Waals surface area contributed by atoms with Crippen LogP contribution in [0.15, 0.2) is 50.8 Å².